The standard InChI is InChI=1S/C13H15N5S/c1-8(7-10-3-5-11(14)6-4-10)12-17-18-9(2)15-16-13(18)19-12/h3-6,8H,7,14H2,1-2H3. The number of aryl methyl sites for hydroxylation is 1. The first kappa shape index (κ1) is 12.1. The van der Waals surface area contributed by atoms with E-state index in [9.17, 15) is 0 Å². The number of rotatable bonds is 3. The van der Waals surface area contributed by atoms with Crippen LogP contribution in [0.3, 0.4) is 0 Å². The van der Waals surface area contributed by atoms with Crippen molar-refractivity contribution >= 4 is 22.0 Å². The Morgan fingerprint density at radius 1 is 1.26 bits per heavy atom. The molecular weight excluding hydrogens is 258 g/mol. The van der Waals surface area contributed by atoms with Crippen LogP contribution < -0.4 is 5.73 Å². The summed E-state index contributed by atoms with van der Waals surface area (Å²) in [5.41, 5.74) is 7.76. The zero-order chi connectivity index (χ0) is 13.4. The Labute approximate surface area is 115 Å². The molecule has 2 heterocycles. The third-order valence-corrected chi connectivity index (χ3v) is 4.24. The van der Waals surface area contributed by atoms with Crippen molar-refractivity contribution < 1.29 is 0 Å². The molecule has 5 nitrogen and oxygen atoms in total. The summed E-state index contributed by atoms with van der Waals surface area (Å²) in [7, 11) is 0. The number of aromatic nitrogens is 4. The molecular formula is C13H15N5S. The van der Waals surface area contributed by atoms with E-state index >= 15 is 0 Å². The van der Waals surface area contributed by atoms with Gasteiger partial charge < -0.3 is 5.73 Å². The minimum atomic E-state index is 0.356. The fraction of sp³-hybridized carbons (Fsp3) is 0.308. The van der Waals surface area contributed by atoms with Gasteiger partial charge in [0.05, 0.1) is 0 Å². The van der Waals surface area contributed by atoms with Crippen molar-refractivity contribution in [1.29, 1.82) is 0 Å². The average Bonchev–Trinajstić information content (AvgIpc) is 2.95. The first-order valence-electron chi connectivity index (χ1n) is 6.16. The highest BCUT2D eigenvalue weighted by molar-refractivity contribution is 7.16. The number of nitrogen functional groups attached to an aromatic ring is 1. The van der Waals surface area contributed by atoms with Crippen LogP contribution in [0.5, 0.6) is 0 Å². The summed E-state index contributed by atoms with van der Waals surface area (Å²) in [6.07, 6.45) is 0.948. The maximum Gasteiger partial charge on any atom is 0.234 e. The zero-order valence-electron chi connectivity index (χ0n) is 10.9. The summed E-state index contributed by atoms with van der Waals surface area (Å²) in [6.45, 7) is 4.09. The van der Waals surface area contributed by atoms with Gasteiger partial charge >= 0.3 is 0 Å². The number of fused-ring (bicyclic) bond motifs is 1. The molecule has 6 heteroatoms. The number of nitrogens with two attached hydrogens (primary N) is 1. The second-order valence-electron chi connectivity index (χ2n) is 4.73. The van der Waals surface area contributed by atoms with E-state index in [-0.39, 0.29) is 0 Å². The van der Waals surface area contributed by atoms with E-state index in [1.54, 1.807) is 15.9 Å². The Kier molecular flexibility index (Phi) is 2.94. The first-order valence-corrected chi connectivity index (χ1v) is 6.98. The summed E-state index contributed by atoms with van der Waals surface area (Å²) >= 11 is 1.60. The largest absolute Gasteiger partial charge is 0.399 e. The highest BCUT2D eigenvalue weighted by Crippen LogP contribution is 2.25. The fourth-order valence-corrected chi connectivity index (χ4v) is 2.96. The molecule has 1 atom stereocenters. The lowest BCUT2D eigenvalue weighted by Crippen LogP contribution is -2.00. The lowest BCUT2D eigenvalue weighted by atomic mass is 10.0. The normalized spacial score (nSPS) is 12.9. The fourth-order valence-electron chi connectivity index (χ4n) is 2.02. The molecule has 0 fully saturated rings. The van der Waals surface area contributed by atoms with Crippen LogP contribution >= 0.6 is 11.3 Å². The summed E-state index contributed by atoms with van der Waals surface area (Å²) in [4.78, 5) is 0.858. The maximum atomic E-state index is 5.69. The van der Waals surface area contributed by atoms with Crippen molar-refractivity contribution in [3.8, 4) is 0 Å². The number of anilines is 1. The topological polar surface area (TPSA) is 69.1 Å². The second-order valence-corrected chi connectivity index (χ2v) is 5.72. The minimum Gasteiger partial charge on any atom is -0.399 e. The van der Waals surface area contributed by atoms with E-state index in [0.717, 1.165) is 27.9 Å². The molecule has 0 spiro atoms. The molecule has 0 amide bonds. The van der Waals surface area contributed by atoms with Crippen LogP contribution in [0.2, 0.25) is 0 Å². The Bertz CT molecular complexity index is 697. The molecule has 1 aromatic carbocycles. The van der Waals surface area contributed by atoms with E-state index in [4.69, 9.17) is 5.73 Å². The molecule has 0 aliphatic carbocycles. The van der Waals surface area contributed by atoms with Gasteiger partial charge in [-0.05, 0) is 31.0 Å². The molecule has 0 saturated heterocycles. The van der Waals surface area contributed by atoms with Gasteiger partial charge in [-0.25, -0.2) is 0 Å². The molecule has 0 radical (unpaired) electrons. The third kappa shape index (κ3) is 2.31. The highest BCUT2D eigenvalue weighted by atomic mass is 32.1. The van der Waals surface area contributed by atoms with Gasteiger partial charge in [0, 0.05) is 11.6 Å². The van der Waals surface area contributed by atoms with E-state index in [0.29, 0.717) is 5.92 Å². The van der Waals surface area contributed by atoms with Gasteiger partial charge in [0.15, 0.2) is 5.82 Å². The summed E-state index contributed by atoms with van der Waals surface area (Å²) in [5.74, 6) is 1.19. The van der Waals surface area contributed by atoms with Gasteiger partial charge in [-0.1, -0.05) is 30.4 Å². The van der Waals surface area contributed by atoms with E-state index in [1.165, 1.54) is 5.56 Å². The zero-order valence-corrected chi connectivity index (χ0v) is 11.7. The van der Waals surface area contributed by atoms with Crippen molar-refractivity contribution in [2.45, 2.75) is 26.2 Å². The van der Waals surface area contributed by atoms with Gasteiger partial charge in [-0.15, -0.1) is 10.2 Å². The van der Waals surface area contributed by atoms with E-state index < -0.39 is 0 Å². The minimum absolute atomic E-state index is 0.356. The van der Waals surface area contributed by atoms with Crippen molar-refractivity contribution in [3.05, 3.63) is 40.7 Å². The molecule has 2 N–H and O–H groups in total. The molecule has 0 aliphatic rings. The monoisotopic (exact) mass is 273 g/mol. The van der Waals surface area contributed by atoms with Crippen molar-refractivity contribution in [2.24, 2.45) is 0 Å². The smallest absolute Gasteiger partial charge is 0.234 e. The van der Waals surface area contributed by atoms with Crippen molar-refractivity contribution in [3.63, 3.8) is 0 Å². The van der Waals surface area contributed by atoms with Crippen LogP contribution in [0.4, 0.5) is 5.69 Å². The van der Waals surface area contributed by atoms with Gasteiger partial charge in [0.2, 0.25) is 4.96 Å². The molecule has 3 rings (SSSR count). The van der Waals surface area contributed by atoms with Crippen LogP contribution in [0, 0.1) is 6.92 Å². The SMILES string of the molecule is Cc1nnc2sc(C(C)Cc3ccc(N)cc3)nn12. The second kappa shape index (κ2) is 4.62. The Morgan fingerprint density at radius 3 is 2.68 bits per heavy atom. The van der Waals surface area contributed by atoms with Gasteiger partial charge in [-0.2, -0.15) is 9.61 Å². The maximum absolute atomic E-state index is 5.69. The lowest BCUT2D eigenvalue weighted by molar-refractivity contribution is 0.720. The molecule has 0 saturated carbocycles. The Morgan fingerprint density at radius 2 is 2.00 bits per heavy atom. The van der Waals surface area contributed by atoms with Gasteiger partial charge in [-0.3, -0.25) is 0 Å². The van der Waals surface area contributed by atoms with Crippen LogP contribution in [-0.4, -0.2) is 19.8 Å². The number of hydrogen-bond acceptors (Lipinski definition) is 5. The average molecular weight is 273 g/mol. The van der Waals surface area contributed by atoms with Crippen LogP contribution in [0.25, 0.3) is 4.96 Å². The number of benzene rings is 1. The number of nitrogens with zero attached hydrogens (tertiary/aromatic N) is 4. The van der Waals surface area contributed by atoms with Crippen LogP contribution in [0.15, 0.2) is 24.3 Å². The molecule has 98 valence electrons. The third-order valence-electron chi connectivity index (χ3n) is 3.11. The Balaban J connectivity index is 1.82. The van der Waals surface area contributed by atoms with E-state index in [2.05, 4.69) is 34.4 Å². The van der Waals surface area contributed by atoms with Crippen molar-refractivity contribution in [2.75, 3.05) is 5.73 Å². The summed E-state index contributed by atoms with van der Waals surface area (Å²) in [6, 6.07) is 8.00. The number of hydrogen-bond donors (Lipinski definition) is 1. The molecule has 19 heavy (non-hydrogen) atoms. The molecule has 1 unspecified atom stereocenters. The molecule has 0 bridgehead atoms. The van der Waals surface area contributed by atoms with Gasteiger partial charge in [0.1, 0.15) is 5.01 Å². The summed E-state index contributed by atoms with van der Waals surface area (Å²) in [5, 5.41) is 13.7. The van der Waals surface area contributed by atoms with Crippen LogP contribution in [-0.2, 0) is 6.42 Å². The predicted octanol–water partition coefficient (Wildman–Crippen LogP) is 2.42. The van der Waals surface area contributed by atoms with Gasteiger partial charge in [0.25, 0.3) is 0 Å². The Hall–Kier alpha value is -1.95. The molecule has 2 aromatic heterocycles. The van der Waals surface area contributed by atoms with Crippen LogP contribution in [0.1, 0.15) is 29.2 Å². The first-order chi connectivity index (χ1) is 9.13. The van der Waals surface area contributed by atoms with E-state index in [1.807, 2.05) is 19.1 Å². The predicted molar refractivity (Wildman–Crippen MR) is 76.4 cm³/mol. The molecule has 3 aromatic rings. The highest BCUT2D eigenvalue weighted by Gasteiger charge is 2.15. The quantitative estimate of drug-likeness (QED) is 0.744. The summed E-state index contributed by atoms with van der Waals surface area (Å²) < 4.78 is 1.81. The molecule has 0 aliphatic heterocycles. The van der Waals surface area contributed by atoms with Crippen molar-refractivity contribution in [1.82, 2.24) is 19.8 Å². The lowest BCUT2D eigenvalue weighted by Gasteiger charge is -2.07.